The highest BCUT2D eigenvalue weighted by Gasteiger charge is 2.35. The third kappa shape index (κ3) is 2.96. The predicted octanol–water partition coefficient (Wildman–Crippen LogP) is 2.60. The zero-order valence-corrected chi connectivity index (χ0v) is 11.1. The summed E-state index contributed by atoms with van der Waals surface area (Å²) in [6.45, 7) is 1.52. The maximum atomic E-state index is 11.9. The summed E-state index contributed by atoms with van der Waals surface area (Å²) in [4.78, 5) is 23.3. The Morgan fingerprint density at radius 3 is 2.53 bits per heavy atom. The molecule has 19 heavy (non-hydrogen) atoms. The molecule has 1 aromatic carbocycles. The number of hydrogen-bond donors (Lipinski definition) is 1. The van der Waals surface area contributed by atoms with Crippen LogP contribution < -0.4 is 0 Å². The van der Waals surface area contributed by atoms with Crippen molar-refractivity contribution in [3.8, 4) is 0 Å². The third-order valence-corrected chi connectivity index (χ3v) is 3.21. The topological polar surface area (TPSA) is 63.6 Å². The Labute approximate surface area is 115 Å². The second-order valence-electron chi connectivity index (χ2n) is 4.36. The van der Waals surface area contributed by atoms with Crippen LogP contribution in [0.15, 0.2) is 35.6 Å². The van der Waals surface area contributed by atoms with Gasteiger partial charge in [-0.15, -0.1) is 0 Å². The maximum Gasteiger partial charge on any atom is 0.346 e. The van der Waals surface area contributed by atoms with E-state index < -0.39 is 17.9 Å². The first kappa shape index (κ1) is 13.6. The average molecular weight is 281 g/mol. The van der Waals surface area contributed by atoms with E-state index in [0.29, 0.717) is 11.4 Å². The van der Waals surface area contributed by atoms with Crippen molar-refractivity contribution in [3.05, 3.63) is 46.2 Å². The maximum absolute atomic E-state index is 11.9. The molecule has 0 radical (unpaired) electrons. The molecule has 0 saturated carbocycles. The number of ketones is 1. The molecule has 4 nitrogen and oxygen atoms in total. The van der Waals surface area contributed by atoms with Crippen LogP contribution in [0.5, 0.6) is 0 Å². The van der Waals surface area contributed by atoms with Gasteiger partial charge in [0.2, 0.25) is 0 Å². The average Bonchev–Trinajstić information content (AvgIpc) is 2.62. The van der Waals surface area contributed by atoms with E-state index in [1.54, 1.807) is 12.1 Å². The van der Waals surface area contributed by atoms with Gasteiger partial charge in [-0.2, -0.15) is 0 Å². The molecule has 1 aromatic rings. The fourth-order valence-corrected chi connectivity index (χ4v) is 2.00. The molecule has 1 aliphatic rings. The van der Waals surface area contributed by atoms with E-state index in [1.807, 2.05) is 12.1 Å². The Balaban J connectivity index is 2.02. The number of benzene rings is 1. The SMILES string of the molecule is CC1OC(=O)C(C(=O)CCc2ccc(Cl)cc2)=C1O. The van der Waals surface area contributed by atoms with E-state index >= 15 is 0 Å². The second-order valence-corrected chi connectivity index (χ2v) is 4.79. The normalized spacial score (nSPS) is 18.6. The highest BCUT2D eigenvalue weighted by molar-refractivity contribution is 6.30. The minimum atomic E-state index is -0.744. The van der Waals surface area contributed by atoms with Crippen LogP contribution in [0.1, 0.15) is 18.9 Å². The Bertz CT molecular complexity index is 545. The minimum Gasteiger partial charge on any atom is -0.507 e. The molecule has 1 heterocycles. The predicted molar refractivity (Wildman–Crippen MR) is 70.0 cm³/mol. The van der Waals surface area contributed by atoms with Crippen molar-refractivity contribution < 1.29 is 19.4 Å². The molecule has 100 valence electrons. The summed E-state index contributed by atoms with van der Waals surface area (Å²) >= 11 is 5.76. The Morgan fingerprint density at radius 2 is 2.00 bits per heavy atom. The van der Waals surface area contributed by atoms with Crippen molar-refractivity contribution >= 4 is 23.4 Å². The van der Waals surface area contributed by atoms with Gasteiger partial charge in [-0.25, -0.2) is 4.79 Å². The summed E-state index contributed by atoms with van der Waals surface area (Å²) in [5, 5.41) is 10.3. The molecule has 1 N–H and O–H groups in total. The molecule has 2 rings (SSSR count). The first-order chi connectivity index (χ1) is 8.99. The van der Waals surface area contributed by atoms with E-state index in [2.05, 4.69) is 0 Å². The summed E-state index contributed by atoms with van der Waals surface area (Å²) in [5.41, 5.74) is 0.721. The van der Waals surface area contributed by atoms with Crippen molar-refractivity contribution in [3.63, 3.8) is 0 Å². The molecule has 0 aromatic heterocycles. The fourth-order valence-electron chi connectivity index (χ4n) is 1.87. The van der Waals surface area contributed by atoms with Crippen molar-refractivity contribution in [2.75, 3.05) is 0 Å². The third-order valence-electron chi connectivity index (χ3n) is 2.96. The van der Waals surface area contributed by atoms with Crippen molar-refractivity contribution in [2.24, 2.45) is 0 Å². The van der Waals surface area contributed by atoms with Gasteiger partial charge in [0, 0.05) is 11.4 Å². The van der Waals surface area contributed by atoms with E-state index in [-0.39, 0.29) is 17.8 Å². The van der Waals surface area contributed by atoms with Gasteiger partial charge >= 0.3 is 5.97 Å². The number of ether oxygens (including phenoxy) is 1. The number of Topliss-reactive ketones (excluding diaryl/α,β-unsaturated/α-hetero) is 1. The second kappa shape index (κ2) is 5.45. The molecule has 0 saturated heterocycles. The number of aliphatic hydroxyl groups excluding tert-OH is 1. The molecule has 1 atom stereocenters. The monoisotopic (exact) mass is 280 g/mol. The number of aryl methyl sites for hydroxylation is 1. The van der Waals surface area contributed by atoms with Crippen molar-refractivity contribution in [2.45, 2.75) is 25.9 Å². The zero-order valence-electron chi connectivity index (χ0n) is 10.4. The quantitative estimate of drug-likeness (QED) is 0.680. The Morgan fingerprint density at radius 1 is 1.37 bits per heavy atom. The van der Waals surface area contributed by atoms with Crippen LogP contribution in [0.25, 0.3) is 0 Å². The van der Waals surface area contributed by atoms with Gasteiger partial charge in [-0.05, 0) is 31.0 Å². The molecule has 1 aliphatic heterocycles. The van der Waals surface area contributed by atoms with Gasteiger partial charge in [0.15, 0.2) is 17.6 Å². The lowest BCUT2D eigenvalue weighted by Gasteiger charge is -2.01. The number of cyclic esters (lactones) is 1. The van der Waals surface area contributed by atoms with Gasteiger partial charge in [0.05, 0.1) is 0 Å². The number of halogens is 1. The molecular formula is C14H13ClO4. The highest BCUT2D eigenvalue weighted by atomic mass is 35.5. The minimum absolute atomic E-state index is 0.142. The van der Waals surface area contributed by atoms with E-state index in [4.69, 9.17) is 16.3 Å². The van der Waals surface area contributed by atoms with Gasteiger partial charge < -0.3 is 9.84 Å². The summed E-state index contributed by atoms with van der Waals surface area (Å²) in [7, 11) is 0. The smallest absolute Gasteiger partial charge is 0.346 e. The summed E-state index contributed by atoms with van der Waals surface area (Å²) < 4.78 is 4.77. The van der Waals surface area contributed by atoms with Crippen LogP contribution in [0, 0.1) is 0 Å². The van der Waals surface area contributed by atoms with E-state index in [9.17, 15) is 14.7 Å². The zero-order chi connectivity index (χ0) is 14.0. The van der Waals surface area contributed by atoms with Crippen LogP contribution in [0.4, 0.5) is 0 Å². The first-order valence-corrected chi connectivity index (χ1v) is 6.28. The number of esters is 1. The molecule has 5 heteroatoms. The summed E-state index contributed by atoms with van der Waals surface area (Å²) in [6.07, 6.45) is -0.112. The van der Waals surface area contributed by atoms with Crippen molar-refractivity contribution in [1.82, 2.24) is 0 Å². The molecule has 0 amide bonds. The number of carbonyl (C=O) groups is 2. The molecule has 0 spiro atoms. The van der Waals surface area contributed by atoms with Gasteiger partial charge in [-0.1, -0.05) is 23.7 Å². The molecular weight excluding hydrogens is 268 g/mol. The van der Waals surface area contributed by atoms with Crippen LogP contribution in [0.2, 0.25) is 5.02 Å². The molecule has 0 fully saturated rings. The number of aliphatic hydroxyl groups is 1. The van der Waals surface area contributed by atoms with E-state index in [1.165, 1.54) is 6.92 Å². The molecule has 1 unspecified atom stereocenters. The number of rotatable bonds is 4. The molecule has 0 bridgehead atoms. The standard InChI is InChI=1S/C14H13ClO4/c1-8-13(17)12(14(18)19-8)11(16)7-4-9-2-5-10(15)6-3-9/h2-3,5-6,8,17H,4,7H2,1H3. The van der Waals surface area contributed by atoms with Gasteiger partial charge in [0.1, 0.15) is 5.57 Å². The molecule has 0 aliphatic carbocycles. The Kier molecular flexibility index (Phi) is 3.90. The largest absolute Gasteiger partial charge is 0.507 e. The number of hydrogen-bond acceptors (Lipinski definition) is 4. The fraction of sp³-hybridized carbons (Fsp3) is 0.286. The van der Waals surface area contributed by atoms with Gasteiger partial charge in [-0.3, -0.25) is 4.79 Å². The summed E-state index contributed by atoms with van der Waals surface area (Å²) in [5.74, 6) is -1.42. The number of carbonyl (C=O) groups excluding carboxylic acids is 2. The van der Waals surface area contributed by atoms with Crippen LogP contribution in [0.3, 0.4) is 0 Å². The van der Waals surface area contributed by atoms with Crippen molar-refractivity contribution in [1.29, 1.82) is 0 Å². The van der Waals surface area contributed by atoms with Crippen LogP contribution in [-0.4, -0.2) is 23.0 Å². The van der Waals surface area contributed by atoms with Crippen LogP contribution >= 0.6 is 11.6 Å². The highest BCUT2D eigenvalue weighted by Crippen LogP contribution is 2.22. The van der Waals surface area contributed by atoms with Gasteiger partial charge in [0.25, 0.3) is 0 Å². The Hall–Kier alpha value is -1.81. The van der Waals surface area contributed by atoms with E-state index in [0.717, 1.165) is 5.56 Å². The lowest BCUT2D eigenvalue weighted by molar-refractivity contribution is -0.140. The lowest BCUT2D eigenvalue weighted by atomic mass is 10.0. The first-order valence-electron chi connectivity index (χ1n) is 5.91. The summed E-state index contributed by atoms with van der Waals surface area (Å²) in [6, 6.07) is 7.12. The van der Waals surface area contributed by atoms with Crippen LogP contribution in [-0.2, 0) is 20.7 Å². The lowest BCUT2D eigenvalue weighted by Crippen LogP contribution is -2.12.